The third-order valence-electron chi connectivity index (χ3n) is 6.34. The predicted octanol–water partition coefficient (Wildman–Crippen LogP) is 4.34. The van der Waals surface area contributed by atoms with Crippen molar-refractivity contribution in [2.45, 2.75) is 5.16 Å². The van der Waals surface area contributed by atoms with Crippen LogP contribution in [0.25, 0.3) is 11.0 Å². The second-order valence-corrected chi connectivity index (χ2v) is 10.0. The Bertz CT molecular complexity index is 1400. The number of amides is 2. The molecular weight excluding hydrogens is 494 g/mol. The number of H-pyrrole nitrogens is 1. The summed E-state index contributed by atoms with van der Waals surface area (Å²) in [6.07, 6.45) is 0. The van der Waals surface area contributed by atoms with Crippen LogP contribution in [0.2, 0.25) is 5.02 Å². The number of piperazine rings is 1. The van der Waals surface area contributed by atoms with Crippen molar-refractivity contribution in [1.29, 1.82) is 0 Å². The number of carbonyl (C=O) groups is 2. The van der Waals surface area contributed by atoms with Crippen LogP contribution < -0.4 is 14.8 Å². The summed E-state index contributed by atoms with van der Waals surface area (Å²) < 4.78 is 2.06. The van der Waals surface area contributed by atoms with Gasteiger partial charge in [0.15, 0.2) is 11.0 Å². The van der Waals surface area contributed by atoms with Crippen molar-refractivity contribution in [2.75, 3.05) is 42.1 Å². The van der Waals surface area contributed by atoms with E-state index in [1.165, 1.54) is 11.8 Å². The molecule has 7 nitrogen and oxygen atoms in total. The molecule has 0 saturated carbocycles. The number of para-hydroxylation sites is 2. The van der Waals surface area contributed by atoms with Crippen LogP contribution in [-0.2, 0) is 11.8 Å². The lowest BCUT2D eigenvalue weighted by Crippen LogP contribution is -2.48. The predicted molar refractivity (Wildman–Crippen MR) is 145 cm³/mol. The lowest BCUT2D eigenvalue weighted by atomic mass is 10.1. The molecule has 0 bridgehead atoms. The van der Waals surface area contributed by atoms with Gasteiger partial charge in [-0.15, -0.1) is 0 Å². The Kier molecular flexibility index (Phi) is 7.16. The minimum Gasteiger partial charge on any atom is -0.368 e. The summed E-state index contributed by atoms with van der Waals surface area (Å²) in [5, 5.41) is 4.40. The molecule has 0 spiro atoms. The Balaban J connectivity index is 1.12. The number of imidazole rings is 1. The molecular formula is C27H27ClN5O2S+. The first-order valence-corrected chi connectivity index (χ1v) is 13.1. The minimum atomic E-state index is -0.0573. The molecule has 1 aliphatic rings. The molecule has 2 N–H and O–H groups in total. The van der Waals surface area contributed by atoms with E-state index < -0.39 is 0 Å². The van der Waals surface area contributed by atoms with Crippen LogP contribution in [-0.4, -0.2) is 53.6 Å². The van der Waals surface area contributed by atoms with Crippen LogP contribution in [0.15, 0.2) is 78.0 Å². The third-order valence-corrected chi connectivity index (χ3v) is 7.72. The highest BCUT2D eigenvalue weighted by Gasteiger charge is 2.23. The summed E-state index contributed by atoms with van der Waals surface area (Å²) in [4.78, 5) is 32.8. The molecule has 0 radical (unpaired) electrons. The van der Waals surface area contributed by atoms with Crippen molar-refractivity contribution in [3.05, 3.63) is 83.4 Å². The van der Waals surface area contributed by atoms with Crippen molar-refractivity contribution >= 4 is 57.6 Å². The van der Waals surface area contributed by atoms with Gasteiger partial charge in [-0.05, 0) is 60.3 Å². The number of aromatic nitrogens is 2. The number of halogens is 1. The second kappa shape index (κ2) is 10.6. The van der Waals surface area contributed by atoms with Crippen LogP contribution in [0.4, 0.5) is 11.4 Å². The largest absolute Gasteiger partial charge is 0.368 e. The molecule has 2 amide bonds. The number of nitrogens with zero attached hydrogens (tertiary/aromatic N) is 3. The van der Waals surface area contributed by atoms with E-state index in [9.17, 15) is 9.59 Å². The maximum absolute atomic E-state index is 12.8. The summed E-state index contributed by atoms with van der Waals surface area (Å²) in [5.74, 6) is 0.222. The summed E-state index contributed by atoms with van der Waals surface area (Å²) >= 11 is 7.67. The highest BCUT2D eigenvalue weighted by Crippen LogP contribution is 2.23. The number of nitrogens with one attached hydrogen (secondary N) is 2. The van der Waals surface area contributed by atoms with Crippen molar-refractivity contribution < 1.29 is 14.2 Å². The first-order chi connectivity index (χ1) is 17.5. The topological polar surface area (TPSA) is 72.3 Å². The molecule has 3 aromatic carbocycles. The number of benzene rings is 3. The molecule has 184 valence electrons. The normalized spacial score (nSPS) is 13.7. The monoisotopic (exact) mass is 520 g/mol. The average molecular weight is 521 g/mol. The van der Waals surface area contributed by atoms with Crippen LogP contribution >= 0.6 is 23.4 Å². The standard InChI is InChI=1S/C27H26ClN5O2S/c1-31-24-9-5-4-8-23(24)30-27(31)36-18-25(34)29-19-10-12-20(13-11-19)32-14-16-33(17-15-32)26(35)21-6-2-3-7-22(21)28/h2-13H,14-18H2,1H3,(H,29,34)/p+1. The minimum absolute atomic E-state index is 0.0304. The Labute approximate surface area is 219 Å². The van der Waals surface area contributed by atoms with E-state index in [0.717, 1.165) is 40.7 Å². The van der Waals surface area contributed by atoms with Gasteiger partial charge in [0.05, 0.1) is 23.4 Å². The van der Waals surface area contributed by atoms with Gasteiger partial charge in [0, 0.05) is 37.6 Å². The lowest BCUT2D eigenvalue weighted by molar-refractivity contribution is -0.683. The number of thioether (sulfide) groups is 1. The van der Waals surface area contributed by atoms with Crippen molar-refractivity contribution in [2.24, 2.45) is 7.05 Å². The smallest absolute Gasteiger partial charge is 0.317 e. The molecule has 1 fully saturated rings. The fraction of sp³-hybridized carbons (Fsp3) is 0.222. The Morgan fingerprint density at radius 1 is 0.972 bits per heavy atom. The highest BCUT2D eigenvalue weighted by molar-refractivity contribution is 7.99. The molecule has 36 heavy (non-hydrogen) atoms. The number of anilines is 2. The summed E-state index contributed by atoms with van der Waals surface area (Å²) in [7, 11) is 1.99. The van der Waals surface area contributed by atoms with Gasteiger partial charge in [0.1, 0.15) is 0 Å². The molecule has 0 atom stereocenters. The van der Waals surface area contributed by atoms with E-state index in [0.29, 0.717) is 29.4 Å². The number of fused-ring (bicyclic) bond motifs is 1. The summed E-state index contributed by atoms with van der Waals surface area (Å²) in [6, 6.07) is 23.1. The molecule has 1 aromatic heterocycles. The Morgan fingerprint density at radius 2 is 1.67 bits per heavy atom. The van der Waals surface area contributed by atoms with Gasteiger partial charge >= 0.3 is 5.16 Å². The van der Waals surface area contributed by atoms with Gasteiger partial charge in [-0.2, -0.15) is 0 Å². The van der Waals surface area contributed by atoms with Crippen LogP contribution in [0.3, 0.4) is 0 Å². The van der Waals surface area contributed by atoms with Gasteiger partial charge in [0.2, 0.25) is 5.91 Å². The van der Waals surface area contributed by atoms with E-state index in [4.69, 9.17) is 11.6 Å². The number of rotatable bonds is 6. The number of aromatic amines is 1. The van der Waals surface area contributed by atoms with Crippen LogP contribution in [0.5, 0.6) is 0 Å². The van der Waals surface area contributed by atoms with E-state index >= 15 is 0 Å². The average Bonchev–Trinajstić information content (AvgIpc) is 3.23. The third kappa shape index (κ3) is 5.20. The van der Waals surface area contributed by atoms with E-state index in [1.54, 1.807) is 12.1 Å². The van der Waals surface area contributed by atoms with E-state index in [1.807, 2.05) is 72.6 Å². The molecule has 1 saturated heterocycles. The Hall–Kier alpha value is -3.49. The SMILES string of the molecule is C[n+]1c(SCC(=O)Nc2ccc(N3CCN(C(=O)c4ccccc4Cl)CC3)cc2)[nH]c2ccccc21. The summed E-state index contributed by atoms with van der Waals surface area (Å²) in [5.41, 5.74) is 4.53. The highest BCUT2D eigenvalue weighted by atomic mass is 35.5. The number of carbonyl (C=O) groups excluding carboxylic acids is 2. The van der Waals surface area contributed by atoms with Gasteiger partial charge in [-0.25, -0.2) is 9.55 Å². The molecule has 0 unspecified atom stereocenters. The zero-order valence-electron chi connectivity index (χ0n) is 19.9. The van der Waals surface area contributed by atoms with Crippen LogP contribution in [0.1, 0.15) is 10.4 Å². The van der Waals surface area contributed by atoms with Crippen molar-refractivity contribution in [3.63, 3.8) is 0 Å². The first-order valence-electron chi connectivity index (χ1n) is 11.8. The van der Waals surface area contributed by atoms with Crippen molar-refractivity contribution in [1.82, 2.24) is 9.88 Å². The molecule has 9 heteroatoms. The molecule has 4 aromatic rings. The molecule has 0 aliphatic carbocycles. The quantitative estimate of drug-likeness (QED) is 0.293. The van der Waals surface area contributed by atoms with E-state index in [-0.39, 0.29) is 11.8 Å². The van der Waals surface area contributed by atoms with Gasteiger partial charge in [-0.1, -0.05) is 35.9 Å². The second-order valence-electron chi connectivity index (χ2n) is 8.65. The van der Waals surface area contributed by atoms with E-state index in [2.05, 4.69) is 19.8 Å². The maximum atomic E-state index is 12.8. The fourth-order valence-electron chi connectivity index (χ4n) is 4.37. The first kappa shape index (κ1) is 24.2. The fourth-order valence-corrected chi connectivity index (χ4v) is 5.40. The molecule has 2 heterocycles. The number of hydrogen-bond donors (Lipinski definition) is 2. The number of aryl methyl sites for hydroxylation is 1. The van der Waals surface area contributed by atoms with Gasteiger partial charge in [-0.3, -0.25) is 9.59 Å². The van der Waals surface area contributed by atoms with Crippen molar-refractivity contribution in [3.8, 4) is 0 Å². The summed E-state index contributed by atoms with van der Waals surface area (Å²) in [6.45, 7) is 2.73. The lowest BCUT2D eigenvalue weighted by Gasteiger charge is -2.36. The zero-order valence-corrected chi connectivity index (χ0v) is 21.5. The number of hydrogen-bond acceptors (Lipinski definition) is 4. The zero-order chi connectivity index (χ0) is 25.1. The van der Waals surface area contributed by atoms with Crippen LogP contribution in [0, 0.1) is 0 Å². The Morgan fingerprint density at radius 3 is 2.39 bits per heavy atom. The van der Waals surface area contributed by atoms with Gasteiger partial charge < -0.3 is 15.1 Å². The molecule has 5 rings (SSSR count). The van der Waals surface area contributed by atoms with Gasteiger partial charge in [0.25, 0.3) is 5.91 Å². The molecule has 1 aliphatic heterocycles. The maximum Gasteiger partial charge on any atom is 0.317 e.